The number of thioether (sulfide) groups is 1. The van der Waals surface area contributed by atoms with E-state index >= 15 is 0 Å². The molecule has 0 aromatic heterocycles. The Kier molecular flexibility index (Phi) is 9.01. The van der Waals surface area contributed by atoms with Gasteiger partial charge in [0.2, 0.25) is 11.8 Å². The first-order valence-electron chi connectivity index (χ1n) is 11.3. The van der Waals surface area contributed by atoms with Gasteiger partial charge in [0.15, 0.2) is 0 Å². The molecular weight excluding hydrogens is 404 g/mol. The summed E-state index contributed by atoms with van der Waals surface area (Å²) in [6, 6.07) is 18.0. The van der Waals surface area contributed by atoms with Gasteiger partial charge in [-0.3, -0.25) is 9.59 Å². The van der Waals surface area contributed by atoms with Crippen LogP contribution in [0.2, 0.25) is 0 Å². The normalized spacial score (nSPS) is 15.3. The van der Waals surface area contributed by atoms with Crippen molar-refractivity contribution in [3.05, 3.63) is 71.3 Å². The number of benzene rings is 2. The van der Waals surface area contributed by atoms with Gasteiger partial charge in [-0.15, -0.1) is 11.8 Å². The molecule has 1 atom stereocenters. The summed E-state index contributed by atoms with van der Waals surface area (Å²) in [5, 5.41) is 3.19. The number of hydrogen-bond acceptors (Lipinski definition) is 3. The van der Waals surface area contributed by atoms with Crippen molar-refractivity contribution in [3.63, 3.8) is 0 Å². The van der Waals surface area contributed by atoms with Gasteiger partial charge in [0, 0.05) is 18.3 Å². The second-order valence-corrected chi connectivity index (χ2v) is 9.49. The van der Waals surface area contributed by atoms with Gasteiger partial charge < -0.3 is 10.2 Å². The van der Waals surface area contributed by atoms with Crippen LogP contribution in [0, 0.1) is 6.92 Å². The van der Waals surface area contributed by atoms with Crippen LogP contribution in [0.5, 0.6) is 0 Å². The van der Waals surface area contributed by atoms with Crippen molar-refractivity contribution >= 4 is 23.6 Å². The number of carbonyl (C=O) groups excluding carboxylic acids is 2. The summed E-state index contributed by atoms with van der Waals surface area (Å²) in [5.41, 5.74) is 3.48. The van der Waals surface area contributed by atoms with E-state index in [1.165, 1.54) is 30.4 Å². The van der Waals surface area contributed by atoms with E-state index in [0.717, 1.165) is 24.2 Å². The number of carbonyl (C=O) groups is 2. The first kappa shape index (κ1) is 23.4. The molecule has 0 unspecified atom stereocenters. The summed E-state index contributed by atoms with van der Waals surface area (Å²) >= 11 is 1.60. The van der Waals surface area contributed by atoms with E-state index in [4.69, 9.17) is 0 Å². The fourth-order valence-electron chi connectivity index (χ4n) is 4.07. The van der Waals surface area contributed by atoms with Crippen molar-refractivity contribution < 1.29 is 9.59 Å². The van der Waals surface area contributed by atoms with E-state index in [1.54, 1.807) is 16.7 Å². The first-order valence-corrected chi connectivity index (χ1v) is 12.5. The predicted octanol–water partition coefficient (Wildman–Crippen LogP) is 5.09. The van der Waals surface area contributed by atoms with Crippen LogP contribution in [0.3, 0.4) is 0 Å². The van der Waals surface area contributed by atoms with Crippen LogP contribution in [0.25, 0.3) is 0 Å². The van der Waals surface area contributed by atoms with Crippen molar-refractivity contribution in [2.45, 2.75) is 70.3 Å². The molecule has 0 heterocycles. The molecule has 0 saturated heterocycles. The standard InChI is InChI=1S/C26H34N2O2S/c1-20-10-9-13-23(16-20)18-31-19-25(29)28(17-22-11-5-3-6-12-22)21(2)26(30)27-24-14-7-4-8-15-24/h3,5-6,9-13,16,21,24H,4,7-8,14-15,17-19H2,1-2H3,(H,27,30)/t21-/m1/s1. The van der Waals surface area contributed by atoms with E-state index < -0.39 is 6.04 Å². The lowest BCUT2D eigenvalue weighted by molar-refractivity contribution is -0.139. The topological polar surface area (TPSA) is 49.4 Å². The number of rotatable bonds is 9. The molecule has 0 spiro atoms. The molecule has 166 valence electrons. The fraction of sp³-hybridized carbons (Fsp3) is 0.462. The highest BCUT2D eigenvalue weighted by atomic mass is 32.2. The molecule has 0 bridgehead atoms. The molecule has 1 fully saturated rings. The lowest BCUT2D eigenvalue weighted by Crippen LogP contribution is -2.50. The van der Waals surface area contributed by atoms with E-state index in [2.05, 4.69) is 30.4 Å². The maximum atomic E-state index is 13.2. The summed E-state index contributed by atoms with van der Waals surface area (Å²) in [7, 11) is 0. The average molecular weight is 439 g/mol. The van der Waals surface area contributed by atoms with Crippen LogP contribution in [-0.2, 0) is 21.9 Å². The summed E-state index contributed by atoms with van der Waals surface area (Å²) in [6.07, 6.45) is 5.66. The van der Waals surface area contributed by atoms with Crippen molar-refractivity contribution in [3.8, 4) is 0 Å². The van der Waals surface area contributed by atoms with Crippen molar-refractivity contribution in [2.24, 2.45) is 0 Å². The maximum Gasteiger partial charge on any atom is 0.242 e. The molecule has 1 aliphatic rings. The van der Waals surface area contributed by atoms with E-state index in [0.29, 0.717) is 12.3 Å². The van der Waals surface area contributed by atoms with E-state index in [-0.39, 0.29) is 17.9 Å². The third kappa shape index (κ3) is 7.42. The molecule has 1 aliphatic carbocycles. The third-order valence-electron chi connectivity index (χ3n) is 5.89. The minimum atomic E-state index is -0.491. The number of nitrogens with zero attached hydrogens (tertiary/aromatic N) is 1. The fourth-order valence-corrected chi connectivity index (χ4v) is 4.93. The molecule has 2 aromatic rings. The van der Waals surface area contributed by atoms with Gasteiger partial charge in [0.25, 0.3) is 0 Å². The smallest absolute Gasteiger partial charge is 0.242 e. The average Bonchev–Trinajstić information content (AvgIpc) is 2.78. The molecule has 31 heavy (non-hydrogen) atoms. The summed E-state index contributed by atoms with van der Waals surface area (Å²) in [5.74, 6) is 1.12. The van der Waals surface area contributed by atoms with Gasteiger partial charge in [0.1, 0.15) is 6.04 Å². The first-order chi connectivity index (χ1) is 15.0. The number of amides is 2. The van der Waals surface area contributed by atoms with Crippen LogP contribution >= 0.6 is 11.8 Å². The lowest BCUT2D eigenvalue weighted by atomic mass is 9.95. The maximum absolute atomic E-state index is 13.2. The zero-order chi connectivity index (χ0) is 22.1. The molecule has 5 heteroatoms. The van der Waals surface area contributed by atoms with Crippen molar-refractivity contribution in [1.82, 2.24) is 10.2 Å². The van der Waals surface area contributed by atoms with Crippen molar-refractivity contribution in [1.29, 1.82) is 0 Å². The minimum Gasteiger partial charge on any atom is -0.352 e. The highest BCUT2D eigenvalue weighted by molar-refractivity contribution is 7.99. The van der Waals surface area contributed by atoms with Gasteiger partial charge >= 0.3 is 0 Å². The second kappa shape index (κ2) is 11.9. The summed E-state index contributed by atoms with van der Waals surface area (Å²) in [6.45, 7) is 4.38. The van der Waals surface area contributed by atoms with Crippen LogP contribution in [0.1, 0.15) is 55.7 Å². The predicted molar refractivity (Wildman–Crippen MR) is 129 cm³/mol. The Hall–Kier alpha value is -2.27. The van der Waals surface area contributed by atoms with Crippen molar-refractivity contribution in [2.75, 3.05) is 5.75 Å². The Bertz CT molecular complexity index is 849. The number of hydrogen-bond donors (Lipinski definition) is 1. The molecule has 3 rings (SSSR count). The van der Waals surface area contributed by atoms with Crippen LogP contribution in [0.15, 0.2) is 54.6 Å². The number of aryl methyl sites for hydroxylation is 1. The second-order valence-electron chi connectivity index (χ2n) is 8.51. The molecular formula is C26H34N2O2S. The molecule has 2 aromatic carbocycles. The Morgan fingerprint density at radius 2 is 1.74 bits per heavy atom. The zero-order valence-electron chi connectivity index (χ0n) is 18.7. The highest BCUT2D eigenvalue weighted by Crippen LogP contribution is 2.19. The Balaban J connectivity index is 1.62. The Morgan fingerprint density at radius 3 is 2.45 bits per heavy atom. The lowest BCUT2D eigenvalue weighted by Gasteiger charge is -2.31. The minimum absolute atomic E-state index is 0.00722. The Labute approximate surface area is 190 Å². The molecule has 4 nitrogen and oxygen atoms in total. The third-order valence-corrected chi connectivity index (χ3v) is 6.88. The van der Waals surface area contributed by atoms with Crippen LogP contribution in [-0.4, -0.2) is 34.6 Å². The molecule has 0 radical (unpaired) electrons. The van der Waals surface area contributed by atoms with Gasteiger partial charge in [-0.1, -0.05) is 79.4 Å². The Morgan fingerprint density at radius 1 is 1.03 bits per heavy atom. The monoisotopic (exact) mass is 438 g/mol. The van der Waals surface area contributed by atoms with Gasteiger partial charge in [-0.2, -0.15) is 0 Å². The number of nitrogens with one attached hydrogen (secondary N) is 1. The zero-order valence-corrected chi connectivity index (χ0v) is 19.5. The van der Waals surface area contributed by atoms with Gasteiger partial charge in [0.05, 0.1) is 5.75 Å². The molecule has 2 amide bonds. The SMILES string of the molecule is Cc1cccc(CSCC(=O)N(Cc2ccccc2)[C@H](C)C(=O)NC2CCCCC2)c1. The van der Waals surface area contributed by atoms with E-state index in [9.17, 15) is 9.59 Å². The molecule has 1 N–H and O–H groups in total. The summed E-state index contributed by atoms with van der Waals surface area (Å²) in [4.78, 5) is 27.9. The van der Waals surface area contributed by atoms with Gasteiger partial charge in [-0.05, 0) is 37.8 Å². The molecule has 0 aliphatic heterocycles. The quantitative estimate of drug-likeness (QED) is 0.593. The largest absolute Gasteiger partial charge is 0.352 e. The van der Waals surface area contributed by atoms with Crippen LogP contribution < -0.4 is 5.32 Å². The summed E-state index contributed by atoms with van der Waals surface area (Å²) < 4.78 is 0. The van der Waals surface area contributed by atoms with E-state index in [1.807, 2.05) is 43.3 Å². The van der Waals surface area contributed by atoms with Crippen LogP contribution in [0.4, 0.5) is 0 Å². The van der Waals surface area contributed by atoms with Gasteiger partial charge in [-0.25, -0.2) is 0 Å². The highest BCUT2D eigenvalue weighted by Gasteiger charge is 2.27. The molecule has 1 saturated carbocycles.